The van der Waals surface area contributed by atoms with E-state index in [9.17, 15) is 0 Å². The summed E-state index contributed by atoms with van der Waals surface area (Å²) in [6.45, 7) is 14.7. The third-order valence-electron chi connectivity index (χ3n) is 4.11. The lowest BCUT2D eigenvalue weighted by Gasteiger charge is -2.17. The van der Waals surface area contributed by atoms with Gasteiger partial charge in [-0.25, -0.2) is 0 Å². The predicted octanol–water partition coefficient (Wildman–Crippen LogP) is 4.50. The van der Waals surface area contributed by atoms with Gasteiger partial charge in [-0.15, -0.1) is 0 Å². The summed E-state index contributed by atoms with van der Waals surface area (Å²) in [7, 11) is -0.475. The molecule has 2 heteroatoms. The van der Waals surface area contributed by atoms with Crippen LogP contribution < -0.4 is 0 Å². The molecule has 18 heavy (non-hydrogen) atoms. The third-order valence-corrected chi connectivity index (χ3v) is 5.87. The Balaban J connectivity index is 4.14. The van der Waals surface area contributed by atoms with E-state index in [1.165, 1.54) is 25.7 Å². The fraction of sp³-hybridized carbons (Fsp3) is 0.875. The summed E-state index contributed by atoms with van der Waals surface area (Å²) in [5.41, 5.74) is 0. The Labute approximate surface area is 117 Å². The van der Waals surface area contributed by atoms with Crippen LogP contribution in [0.1, 0.15) is 67.2 Å². The van der Waals surface area contributed by atoms with Crippen LogP contribution in [0.4, 0.5) is 0 Å². The molecule has 0 N–H and O–H groups in total. The maximum absolute atomic E-state index is 6.01. The lowest BCUT2D eigenvalue weighted by Crippen LogP contribution is -2.13. The smallest absolute Gasteiger partial charge is 0.188 e. The van der Waals surface area contributed by atoms with E-state index >= 15 is 0 Å². The first-order valence-electron chi connectivity index (χ1n) is 7.83. The maximum Gasteiger partial charge on any atom is 0.188 e. The first-order chi connectivity index (χ1) is 8.54. The Morgan fingerprint density at radius 1 is 1.06 bits per heavy atom. The fourth-order valence-corrected chi connectivity index (χ4v) is 3.40. The van der Waals surface area contributed by atoms with Crippen molar-refractivity contribution < 1.29 is 4.43 Å². The van der Waals surface area contributed by atoms with Crippen LogP contribution >= 0.6 is 0 Å². The highest BCUT2D eigenvalue weighted by Crippen LogP contribution is 2.17. The van der Waals surface area contributed by atoms with Crippen molar-refractivity contribution >= 4 is 9.76 Å². The number of hydrogen-bond donors (Lipinski definition) is 0. The average molecular weight is 271 g/mol. The second-order valence-electron chi connectivity index (χ2n) is 5.79. The monoisotopic (exact) mass is 270 g/mol. The van der Waals surface area contributed by atoms with Crippen LogP contribution in [0.25, 0.3) is 0 Å². The highest BCUT2D eigenvalue weighted by atomic mass is 28.2. The van der Waals surface area contributed by atoms with Gasteiger partial charge in [0.05, 0.1) is 0 Å². The molecule has 0 aromatic heterocycles. The highest BCUT2D eigenvalue weighted by molar-refractivity contribution is 6.38. The van der Waals surface area contributed by atoms with Crippen molar-refractivity contribution in [2.45, 2.75) is 67.2 Å². The molecule has 0 fully saturated rings. The molecular formula is C16H34OSi. The summed E-state index contributed by atoms with van der Waals surface area (Å²) in [4.78, 5) is 0. The Hall–Kier alpha value is -0.0831. The Kier molecular flexibility index (Phi) is 10.8. The van der Waals surface area contributed by atoms with Crippen LogP contribution in [-0.4, -0.2) is 16.4 Å². The van der Waals surface area contributed by atoms with Gasteiger partial charge in [-0.05, 0) is 24.2 Å². The van der Waals surface area contributed by atoms with Gasteiger partial charge >= 0.3 is 0 Å². The van der Waals surface area contributed by atoms with E-state index in [1.54, 1.807) is 5.20 Å². The van der Waals surface area contributed by atoms with Crippen LogP contribution in [0, 0.1) is 17.8 Å². The molecule has 0 radical (unpaired) electrons. The lowest BCUT2D eigenvalue weighted by atomic mass is 10.0. The van der Waals surface area contributed by atoms with E-state index < -0.39 is 9.76 Å². The van der Waals surface area contributed by atoms with Crippen LogP contribution in [0.5, 0.6) is 0 Å². The van der Waals surface area contributed by atoms with Gasteiger partial charge in [0.2, 0.25) is 0 Å². The van der Waals surface area contributed by atoms with E-state index in [-0.39, 0.29) is 0 Å². The number of rotatable bonds is 10. The van der Waals surface area contributed by atoms with Crippen LogP contribution in [-0.2, 0) is 4.43 Å². The first-order valence-corrected chi connectivity index (χ1v) is 9.11. The van der Waals surface area contributed by atoms with E-state index in [0.29, 0.717) is 11.8 Å². The predicted molar refractivity (Wildman–Crippen MR) is 85.6 cm³/mol. The Morgan fingerprint density at radius 3 is 2.22 bits per heavy atom. The van der Waals surface area contributed by atoms with Gasteiger partial charge in [-0.3, -0.25) is 0 Å². The SMILES string of the molecule is CCC(C)C=C([SiH2]OCCC(C)CC)C(C)CC. The standard InChI is InChI=1S/C16H34OSi/c1-7-13(4)10-11-17-18-16(15(6)9-3)12-14(5)8-2/h12-15H,7-11,18H2,1-6H3. The third kappa shape index (κ3) is 8.10. The minimum absolute atomic E-state index is 0.475. The molecule has 0 heterocycles. The average Bonchev–Trinajstić information content (AvgIpc) is 2.40. The van der Waals surface area contributed by atoms with Crippen molar-refractivity contribution in [2.24, 2.45) is 17.8 Å². The van der Waals surface area contributed by atoms with Crippen molar-refractivity contribution in [3.63, 3.8) is 0 Å². The second kappa shape index (κ2) is 10.8. The summed E-state index contributed by atoms with van der Waals surface area (Å²) < 4.78 is 6.01. The zero-order valence-corrected chi connectivity index (χ0v) is 14.9. The summed E-state index contributed by atoms with van der Waals surface area (Å²) in [6, 6.07) is 0. The molecule has 1 nitrogen and oxygen atoms in total. The number of allylic oxidation sites excluding steroid dienone is 2. The van der Waals surface area contributed by atoms with Gasteiger partial charge < -0.3 is 4.43 Å². The zero-order valence-electron chi connectivity index (χ0n) is 13.5. The molecule has 0 aliphatic heterocycles. The van der Waals surface area contributed by atoms with Gasteiger partial charge in [-0.2, -0.15) is 0 Å². The zero-order chi connectivity index (χ0) is 14.0. The van der Waals surface area contributed by atoms with Gasteiger partial charge in [0.15, 0.2) is 9.76 Å². The minimum Gasteiger partial charge on any atom is -0.419 e. The molecule has 0 rings (SSSR count). The quantitative estimate of drug-likeness (QED) is 0.419. The summed E-state index contributed by atoms with van der Waals surface area (Å²) in [6.07, 6.45) is 7.46. The molecule has 3 atom stereocenters. The van der Waals surface area contributed by atoms with Crippen molar-refractivity contribution in [2.75, 3.05) is 6.61 Å². The molecule has 108 valence electrons. The summed E-state index contributed by atoms with van der Waals surface area (Å²) in [5, 5.41) is 1.64. The largest absolute Gasteiger partial charge is 0.419 e. The van der Waals surface area contributed by atoms with Crippen molar-refractivity contribution in [3.8, 4) is 0 Å². The van der Waals surface area contributed by atoms with Crippen LogP contribution in [0.2, 0.25) is 0 Å². The van der Waals surface area contributed by atoms with E-state index in [1.807, 2.05) is 0 Å². The number of hydrogen-bond acceptors (Lipinski definition) is 1. The summed E-state index contributed by atoms with van der Waals surface area (Å²) in [5.74, 6) is 2.23. The molecule has 0 aliphatic carbocycles. The molecule has 0 saturated heterocycles. The molecule has 3 unspecified atom stereocenters. The maximum atomic E-state index is 6.01. The van der Waals surface area contributed by atoms with Crippen molar-refractivity contribution in [3.05, 3.63) is 11.3 Å². The normalized spacial score (nSPS) is 18.2. The Morgan fingerprint density at radius 2 is 1.72 bits per heavy atom. The molecule has 0 saturated carbocycles. The van der Waals surface area contributed by atoms with E-state index in [0.717, 1.165) is 12.5 Å². The molecular weight excluding hydrogens is 236 g/mol. The molecule has 0 aliphatic rings. The molecule has 0 amide bonds. The lowest BCUT2D eigenvalue weighted by molar-refractivity contribution is 0.296. The highest BCUT2D eigenvalue weighted by Gasteiger charge is 2.09. The van der Waals surface area contributed by atoms with Gasteiger partial charge in [0, 0.05) is 6.61 Å². The second-order valence-corrected chi connectivity index (χ2v) is 7.30. The molecule has 0 bridgehead atoms. The van der Waals surface area contributed by atoms with Crippen LogP contribution in [0.15, 0.2) is 11.3 Å². The fourth-order valence-electron chi connectivity index (χ4n) is 1.78. The van der Waals surface area contributed by atoms with Crippen LogP contribution in [0.3, 0.4) is 0 Å². The minimum atomic E-state index is -0.475. The molecule has 0 aromatic rings. The van der Waals surface area contributed by atoms with Gasteiger partial charge in [-0.1, -0.05) is 72.1 Å². The topological polar surface area (TPSA) is 9.23 Å². The Bertz CT molecular complexity index is 225. The van der Waals surface area contributed by atoms with Gasteiger partial charge in [0.1, 0.15) is 0 Å². The molecule has 0 spiro atoms. The van der Waals surface area contributed by atoms with Crippen molar-refractivity contribution in [1.82, 2.24) is 0 Å². The van der Waals surface area contributed by atoms with E-state index in [4.69, 9.17) is 4.43 Å². The summed E-state index contributed by atoms with van der Waals surface area (Å²) >= 11 is 0. The van der Waals surface area contributed by atoms with Gasteiger partial charge in [0.25, 0.3) is 0 Å². The first kappa shape index (κ1) is 17.9. The van der Waals surface area contributed by atoms with Crippen molar-refractivity contribution in [1.29, 1.82) is 0 Å². The molecule has 0 aromatic carbocycles. The van der Waals surface area contributed by atoms with E-state index in [2.05, 4.69) is 47.6 Å².